The minimum atomic E-state index is 0.644. The molecule has 0 fully saturated rings. The van der Waals surface area contributed by atoms with E-state index in [9.17, 15) is 0 Å². The number of thiazole rings is 1. The Hall–Kier alpha value is -1.49. The van der Waals surface area contributed by atoms with Gasteiger partial charge < -0.3 is 5.73 Å². The molecule has 0 amide bonds. The molecule has 3 rings (SSSR count). The summed E-state index contributed by atoms with van der Waals surface area (Å²) in [4.78, 5) is 7.23. The zero-order valence-electron chi connectivity index (χ0n) is 10.4. The van der Waals surface area contributed by atoms with Crippen LogP contribution in [-0.2, 0) is 6.42 Å². The summed E-state index contributed by atoms with van der Waals surface area (Å²) in [5, 5.41) is 3.20. The van der Waals surface area contributed by atoms with Crippen LogP contribution in [0.4, 0.5) is 0 Å². The number of rotatable bonds is 4. The average molecular weight is 286 g/mol. The Morgan fingerprint density at radius 1 is 1.05 bits per heavy atom. The Kier molecular flexibility index (Phi) is 3.73. The highest BCUT2D eigenvalue weighted by molar-refractivity contribution is 7.17. The van der Waals surface area contributed by atoms with Crippen LogP contribution in [0.2, 0.25) is 0 Å². The first-order valence-corrected chi connectivity index (χ1v) is 7.87. The number of benzene rings is 1. The Morgan fingerprint density at radius 3 is 2.58 bits per heavy atom. The molecule has 2 heterocycles. The number of nitrogens with zero attached hydrogens (tertiary/aromatic N) is 1. The summed E-state index contributed by atoms with van der Waals surface area (Å²) in [6.07, 6.45) is 0.843. The highest BCUT2D eigenvalue weighted by atomic mass is 32.1. The Bertz CT molecular complexity index is 642. The van der Waals surface area contributed by atoms with Gasteiger partial charge in [0.05, 0.1) is 20.5 Å². The number of nitrogens with two attached hydrogens (primary N) is 1. The fourth-order valence-electron chi connectivity index (χ4n) is 1.96. The summed E-state index contributed by atoms with van der Waals surface area (Å²) in [6, 6.07) is 14.6. The third-order valence-corrected chi connectivity index (χ3v) is 4.86. The predicted molar refractivity (Wildman–Crippen MR) is 83.6 cm³/mol. The monoisotopic (exact) mass is 286 g/mol. The molecule has 0 aliphatic heterocycles. The van der Waals surface area contributed by atoms with Gasteiger partial charge in [-0.15, -0.1) is 22.7 Å². The molecule has 0 radical (unpaired) electrons. The van der Waals surface area contributed by atoms with Crippen LogP contribution in [0.25, 0.3) is 21.0 Å². The van der Waals surface area contributed by atoms with E-state index in [1.165, 1.54) is 15.3 Å². The Balaban J connectivity index is 2.12. The van der Waals surface area contributed by atoms with Crippen molar-refractivity contribution in [3.8, 4) is 21.0 Å². The normalized spacial score (nSPS) is 10.8. The molecule has 19 heavy (non-hydrogen) atoms. The van der Waals surface area contributed by atoms with E-state index in [0.29, 0.717) is 6.54 Å². The van der Waals surface area contributed by atoms with Gasteiger partial charge >= 0.3 is 0 Å². The molecule has 2 aromatic heterocycles. The first-order chi connectivity index (χ1) is 9.38. The van der Waals surface area contributed by atoms with E-state index in [-0.39, 0.29) is 0 Å². The molecule has 1 aromatic carbocycles. The van der Waals surface area contributed by atoms with Crippen LogP contribution in [0.5, 0.6) is 0 Å². The average Bonchev–Trinajstić information content (AvgIpc) is 3.08. The molecule has 0 aliphatic carbocycles. The van der Waals surface area contributed by atoms with Crippen LogP contribution < -0.4 is 5.73 Å². The van der Waals surface area contributed by atoms with Gasteiger partial charge in [-0.3, -0.25) is 0 Å². The molecule has 2 N–H and O–H groups in total. The molecule has 96 valence electrons. The van der Waals surface area contributed by atoms with Crippen LogP contribution in [0.15, 0.2) is 47.8 Å². The molecule has 0 atom stereocenters. The summed E-state index contributed by atoms with van der Waals surface area (Å²) in [5.41, 5.74) is 7.97. The lowest BCUT2D eigenvalue weighted by molar-refractivity contribution is 0.954. The van der Waals surface area contributed by atoms with Crippen molar-refractivity contribution in [1.29, 1.82) is 0 Å². The minimum absolute atomic E-state index is 0.644. The molecule has 0 saturated heterocycles. The van der Waals surface area contributed by atoms with Crippen LogP contribution in [0, 0.1) is 0 Å². The van der Waals surface area contributed by atoms with Crippen molar-refractivity contribution >= 4 is 22.7 Å². The first kappa shape index (κ1) is 12.5. The van der Waals surface area contributed by atoms with Gasteiger partial charge in [0, 0.05) is 6.42 Å². The summed E-state index contributed by atoms with van der Waals surface area (Å²) in [6.45, 7) is 0.644. The van der Waals surface area contributed by atoms with Crippen molar-refractivity contribution in [1.82, 2.24) is 4.98 Å². The van der Waals surface area contributed by atoms with E-state index < -0.39 is 0 Å². The van der Waals surface area contributed by atoms with Gasteiger partial charge in [0.2, 0.25) is 0 Å². The SMILES string of the molecule is NCCc1nc(-c2cccs2)c(-c2ccccc2)s1. The molecular formula is C15H14N2S2. The van der Waals surface area contributed by atoms with Gasteiger partial charge in [-0.25, -0.2) is 4.98 Å². The predicted octanol–water partition coefficient (Wildman–Crippen LogP) is 4.04. The third-order valence-electron chi connectivity index (χ3n) is 2.82. The molecule has 4 heteroatoms. The van der Waals surface area contributed by atoms with Crippen LogP contribution in [0.1, 0.15) is 5.01 Å². The van der Waals surface area contributed by atoms with Crippen molar-refractivity contribution in [3.63, 3.8) is 0 Å². The lowest BCUT2D eigenvalue weighted by Crippen LogP contribution is -2.01. The molecule has 0 saturated carbocycles. The van der Waals surface area contributed by atoms with Gasteiger partial charge in [0.15, 0.2) is 0 Å². The van der Waals surface area contributed by atoms with Crippen LogP contribution in [-0.4, -0.2) is 11.5 Å². The van der Waals surface area contributed by atoms with Gasteiger partial charge in [0.1, 0.15) is 0 Å². The number of hydrogen-bond acceptors (Lipinski definition) is 4. The van der Waals surface area contributed by atoms with Crippen LogP contribution in [0.3, 0.4) is 0 Å². The maximum Gasteiger partial charge on any atom is 0.0993 e. The van der Waals surface area contributed by atoms with Gasteiger partial charge in [-0.1, -0.05) is 36.4 Å². The van der Waals surface area contributed by atoms with Crippen molar-refractivity contribution in [2.75, 3.05) is 6.54 Å². The summed E-state index contributed by atoms with van der Waals surface area (Å²) < 4.78 is 0. The number of aromatic nitrogens is 1. The molecule has 0 aliphatic rings. The zero-order valence-corrected chi connectivity index (χ0v) is 12.0. The van der Waals surface area contributed by atoms with Crippen molar-refractivity contribution in [2.45, 2.75) is 6.42 Å². The Morgan fingerprint density at radius 2 is 1.89 bits per heavy atom. The lowest BCUT2D eigenvalue weighted by Gasteiger charge is -1.99. The topological polar surface area (TPSA) is 38.9 Å². The Labute approximate surface area is 120 Å². The van der Waals surface area contributed by atoms with E-state index >= 15 is 0 Å². The lowest BCUT2D eigenvalue weighted by atomic mass is 10.1. The van der Waals surface area contributed by atoms with Crippen molar-refractivity contribution < 1.29 is 0 Å². The van der Waals surface area contributed by atoms with E-state index in [1.54, 1.807) is 22.7 Å². The first-order valence-electron chi connectivity index (χ1n) is 6.17. The largest absolute Gasteiger partial charge is 0.330 e. The summed E-state index contributed by atoms with van der Waals surface area (Å²) in [7, 11) is 0. The molecule has 0 unspecified atom stereocenters. The van der Waals surface area contributed by atoms with E-state index in [0.717, 1.165) is 17.1 Å². The fraction of sp³-hybridized carbons (Fsp3) is 0.133. The number of hydrogen-bond donors (Lipinski definition) is 1. The highest BCUT2D eigenvalue weighted by Gasteiger charge is 2.14. The highest BCUT2D eigenvalue weighted by Crippen LogP contribution is 2.38. The van der Waals surface area contributed by atoms with Gasteiger partial charge in [-0.2, -0.15) is 0 Å². The molecule has 2 nitrogen and oxygen atoms in total. The minimum Gasteiger partial charge on any atom is -0.330 e. The maximum atomic E-state index is 5.65. The summed E-state index contributed by atoms with van der Waals surface area (Å²) in [5.74, 6) is 0. The quantitative estimate of drug-likeness (QED) is 0.786. The second-order valence-electron chi connectivity index (χ2n) is 4.17. The number of thiophene rings is 1. The fourth-order valence-corrected chi connectivity index (χ4v) is 3.84. The van der Waals surface area contributed by atoms with Gasteiger partial charge in [0.25, 0.3) is 0 Å². The van der Waals surface area contributed by atoms with Gasteiger partial charge in [-0.05, 0) is 23.6 Å². The molecule has 0 bridgehead atoms. The van der Waals surface area contributed by atoms with E-state index in [1.807, 2.05) is 6.07 Å². The molecule has 0 spiro atoms. The molecule has 3 aromatic rings. The maximum absolute atomic E-state index is 5.65. The second-order valence-corrected chi connectivity index (χ2v) is 6.20. The summed E-state index contributed by atoms with van der Waals surface area (Å²) >= 11 is 3.48. The molecular weight excluding hydrogens is 272 g/mol. The van der Waals surface area contributed by atoms with Crippen LogP contribution >= 0.6 is 22.7 Å². The third kappa shape index (κ3) is 2.61. The zero-order chi connectivity index (χ0) is 13.1. The standard InChI is InChI=1S/C15H14N2S2/c16-9-8-13-17-14(12-7-4-10-18-12)15(19-13)11-5-2-1-3-6-11/h1-7,10H,8-9,16H2. The van der Waals surface area contributed by atoms with Crippen molar-refractivity contribution in [2.24, 2.45) is 5.73 Å². The van der Waals surface area contributed by atoms with E-state index in [4.69, 9.17) is 10.7 Å². The van der Waals surface area contributed by atoms with E-state index in [2.05, 4.69) is 41.8 Å². The van der Waals surface area contributed by atoms with Crippen molar-refractivity contribution in [3.05, 3.63) is 52.9 Å². The second kappa shape index (κ2) is 5.65. The smallest absolute Gasteiger partial charge is 0.0993 e.